The Balaban J connectivity index is 0.856. The highest BCUT2D eigenvalue weighted by Crippen LogP contribution is 2.55. The molecule has 0 atom stereocenters. The van der Waals surface area contributed by atoms with Crippen molar-refractivity contribution in [3.05, 3.63) is 440 Å². The number of benzene rings is 19. The van der Waals surface area contributed by atoms with Crippen molar-refractivity contribution in [1.82, 2.24) is 4.57 Å². The second kappa shape index (κ2) is 32.6. The van der Waals surface area contributed by atoms with E-state index in [4.69, 9.17) is 8.83 Å². The molecule has 22 aromatic rings. The molecule has 2 aliphatic heterocycles. The predicted molar refractivity (Wildman–Crippen MR) is 573 cm³/mol. The summed E-state index contributed by atoms with van der Waals surface area (Å²) < 4.78 is 16.4. The van der Waals surface area contributed by atoms with Gasteiger partial charge in [-0.1, -0.05) is 347 Å². The first kappa shape index (κ1) is 82.9. The lowest BCUT2D eigenvalue weighted by atomic mass is 9.33. The SMILES string of the molecule is CC(C)(C)c1cc(-c2cccc3oc4ccccc4c23)c(CCN2c3ccc(-c4cc(-c5ccccc5)cc(-c5ccccc5)c4)cc3B3c4ccc(-c5cc(-c6ccccc6)cc(-c6ccccc6)c5)cc4N(c4c(-c5ccccc5)cc(C(C)(C)C)cc4-c4ccccc4)c4cc(-n5c6ccc(C#N)cc6c6cc(C(C)(C)C)ccc65)cc2c43)c(-c2cccc3oc4ccccc4c23)c1. The topological polar surface area (TPSA) is 61.5 Å². The fourth-order valence-electron chi connectivity index (χ4n) is 21.7. The van der Waals surface area contributed by atoms with E-state index in [9.17, 15) is 5.26 Å². The van der Waals surface area contributed by atoms with Gasteiger partial charge in [-0.15, -0.1) is 0 Å². The highest BCUT2D eigenvalue weighted by atomic mass is 16.3. The van der Waals surface area contributed by atoms with Gasteiger partial charge >= 0.3 is 0 Å². The quantitative estimate of drug-likeness (QED) is 0.0957. The molecule has 0 unspecified atom stereocenters. The third-order valence-corrected chi connectivity index (χ3v) is 28.6. The van der Waals surface area contributed by atoms with Crippen molar-refractivity contribution in [2.75, 3.05) is 16.3 Å². The Hall–Kier alpha value is -16.3. The second-order valence-corrected chi connectivity index (χ2v) is 40.1. The second-order valence-electron chi connectivity index (χ2n) is 40.1. The van der Waals surface area contributed by atoms with Crippen LogP contribution >= 0.6 is 0 Å². The third-order valence-electron chi connectivity index (χ3n) is 28.6. The highest BCUT2D eigenvalue weighted by molar-refractivity contribution is 7.00. The zero-order chi connectivity index (χ0) is 92.0. The molecule has 3 aromatic heterocycles. The van der Waals surface area contributed by atoms with E-state index in [2.05, 4.69) is 489 Å². The van der Waals surface area contributed by atoms with Crippen molar-refractivity contribution >= 4 is 117 Å². The van der Waals surface area contributed by atoms with Gasteiger partial charge in [0.05, 0.1) is 34.0 Å². The molecule has 0 saturated carbocycles. The van der Waals surface area contributed by atoms with E-state index in [0.717, 1.165) is 211 Å². The van der Waals surface area contributed by atoms with Gasteiger partial charge in [-0.25, -0.2) is 0 Å². The first-order chi connectivity index (χ1) is 66.3. The molecule has 0 bridgehead atoms. The van der Waals surface area contributed by atoms with E-state index in [1.165, 1.54) is 38.6 Å². The monoisotopic (exact) mass is 1750 g/mol. The number of rotatable bonds is 15. The van der Waals surface area contributed by atoms with Crippen molar-refractivity contribution in [3.63, 3.8) is 0 Å². The Morgan fingerprint density at radius 3 is 1.15 bits per heavy atom. The Morgan fingerprint density at radius 1 is 0.279 bits per heavy atom. The van der Waals surface area contributed by atoms with Crippen LogP contribution in [0.2, 0.25) is 0 Å². The normalized spacial score (nSPS) is 12.6. The van der Waals surface area contributed by atoms with Crippen LogP contribution in [-0.2, 0) is 22.7 Å². The Bertz CT molecular complexity index is 8280. The minimum absolute atomic E-state index is 0.193. The zero-order valence-electron chi connectivity index (χ0n) is 77.9. The van der Waals surface area contributed by atoms with Crippen LogP contribution in [0.5, 0.6) is 0 Å². The predicted octanol–water partition coefficient (Wildman–Crippen LogP) is 33.0. The van der Waals surface area contributed by atoms with E-state index >= 15 is 0 Å². The van der Waals surface area contributed by atoms with E-state index in [-0.39, 0.29) is 23.0 Å². The largest absolute Gasteiger partial charge is 0.456 e. The summed E-state index contributed by atoms with van der Waals surface area (Å²) in [6.45, 7) is 21.1. The van der Waals surface area contributed by atoms with E-state index < -0.39 is 0 Å². The Kier molecular flexibility index (Phi) is 19.9. The van der Waals surface area contributed by atoms with E-state index in [1.807, 2.05) is 6.07 Å². The molecule has 0 amide bonds. The fourth-order valence-corrected chi connectivity index (χ4v) is 21.7. The van der Waals surface area contributed by atoms with Crippen LogP contribution in [-0.4, -0.2) is 17.8 Å². The van der Waals surface area contributed by atoms with Crippen LogP contribution in [0.3, 0.4) is 0 Å². The average molecular weight is 1750 g/mol. The van der Waals surface area contributed by atoms with Crippen LogP contribution in [0.25, 0.3) is 183 Å². The molecule has 5 heterocycles. The molecule has 136 heavy (non-hydrogen) atoms. The summed E-state index contributed by atoms with van der Waals surface area (Å²) in [5.41, 5.74) is 42.5. The molecule has 6 nitrogen and oxygen atoms in total. The first-order valence-corrected chi connectivity index (χ1v) is 47.6. The third kappa shape index (κ3) is 14.3. The summed E-state index contributed by atoms with van der Waals surface area (Å²) in [6.07, 6.45) is 0.570. The summed E-state index contributed by atoms with van der Waals surface area (Å²) in [4.78, 5) is 5.46. The van der Waals surface area contributed by atoms with Gasteiger partial charge in [0.2, 0.25) is 0 Å². The maximum absolute atomic E-state index is 11.1. The molecule has 2 aliphatic rings. The number of nitriles is 1. The van der Waals surface area contributed by atoms with Gasteiger partial charge in [-0.2, -0.15) is 5.26 Å². The van der Waals surface area contributed by atoms with Gasteiger partial charge in [0.25, 0.3) is 6.71 Å². The fraction of sp³-hybridized carbons (Fsp3) is 0.109. The molecule has 0 N–H and O–H groups in total. The van der Waals surface area contributed by atoms with Crippen molar-refractivity contribution < 1.29 is 8.83 Å². The maximum atomic E-state index is 11.1. The molecule has 24 rings (SSSR count). The van der Waals surface area contributed by atoms with Crippen LogP contribution in [0.1, 0.15) is 90.1 Å². The molecule has 650 valence electrons. The smallest absolute Gasteiger partial charge is 0.252 e. The molecule has 0 aliphatic carbocycles. The molecule has 0 spiro atoms. The first-order valence-electron chi connectivity index (χ1n) is 47.6. The molecule has 7 heteroatoms. The van der Waals surface area contributed by atoms with Crippen LogP contribution in [0, 0.1) is 11.3 Å². The lowest BCUT2D eigenvalue weighted by molar-refractivity contribution is 0.590. The number of aromatic nitrogens is 1. The highest BCUT2D eigenvalue weighted by Gasteiger charge is 2.46. The van der Waals surface area contributed by atoms with Gasteiger partial charge in [-0.3, -0.25) is 0 Å². The van der Waals surface area contributed by atoms with E-state index in [1.54, 1.807) is 0 Å². The molecule has 0 saturated heterocycles. The Morgan fingerprint density at radius 2 is 0.684 bits per heavy atom. The summed E-state index contributed by atoms with van der Waals surface area (Å²) in [5.74, 6) is 0. The van der Waals surface area contributed by atoms with Gasteiger partial charge in [-0.05, 0) is 289 Å². The van der Waals surface area contributed by atoms with Crippen molar-refractivity contribution in [2.45, 2.75) is 85.0 Å². The van der Waals surface area contributed by atoms with Gasteiger partial charge < -0.3 is 23.2 Å². The number of anilines is 5. The average Bonchev–Trinajstić information content (AvgIpc) is 0.817. The number of fused-ring (bicyclic) bond motifs is 13. The van der Waals surface area contributed by atoms with Crippen LogP contribution in [0.4, 0.5) is 28.4 Å². The number of para-hydroxylation sites is 2. The molecule has 0 fully saturated rings. The van der Waals surface area contributed by atoms with Crippen LogP contribution < -0.4 is 26.2 Å². The minimum Gasteiger partial charge on any atom is -0.456 e. The number of nitrogens with zero attached hydrogens (tertiary/aromatic N) is 4. The molecule has 19 aromatic carbocycles. The van der Waals surface area contributed by atoms with Crippen molar-refractivity contribution in [3.8, 4) is 123 Å². The van der Waals surface area contributed by atoms with Crippen molar-refractivity contribution in [1.29, 1.82) is 5.26 Å². The lowest BCUT2D eigenvalue weighted by Crippen LogP contribution is -2.62. The molecular formula is C129H99BN4O2. The summed E-state index contributed by atoms with van der Waals surface area (Å²) >= 11 is 0. The van der Waals surface area contributed by atoms with Crippen LogP contribution in [0.15, 0.2) is 421 Å². The number of hydrogen-bond acceptors (Lipinski definition) is 5. The van der Waals surface area contributed by atoms with Gasteiger partial charge in [0, 0.05) is 72.7 Å². The summed E-state index contributed by atoms with van der Waals surface area (Å²) in [5, 5.41) is 17.5. The Labute approximate surface area is 795 Å². The maximum Gasteiger partial charge on any atom is 0.252 e. The minimum atomic E-state index is -0.386. The number of hydrogen-bond donors (Lipinski definition) is 0. The molecule has 0 radical (unpaired) electrons. The molecular weight excluding hydrogens is 1650 g/mol. The van der Waals surface area contributed by atoms with Gasteiger partial charge in [0.1, 0.15) is 22.3 Å². The van der Waals surface area contributed by atoms with Gasteiger partial charge in [0.15, 0.2) is 0 Å². The lowest BCUT2D eigenvalue weighted by Gasteiger charge is -2.46. The summed E-state index contributed by atoms with van der Waals surface area (Å²) in [6, 6.07) is 157. The number of furan rings is 2. The van der Waals surface area contributed by atoms with E-state index in [0.29, 0.717) is 18.5 Å². The zero-order valence-corrected chi connectivity index (χ0v) is 77.9. The standard InChI is InChI=1S/C129H99BN4O2/c1-127(2,3)96-57-61-114-110(73-96)109-64-81(80-131)54-59-113(109)133(114)99-78-117-125-118(79-99)134(126-105(86-42-24-14-25-43-86)74-97(128(4,5)6)75-106(126)87-44-26-15-27-45-87)116-72-89(95-69-92(84-38-20-12-21-39-84)66-93(70-95)85-40-22-13-23-41-85)55-58-111(116)130(125)112-71-88(94-67-90(82-34-16-10-17-35-82)65-91(68-94)83-36-18-11-19-37-83)56-60-115(112)132(117)63-62-100-107(101-48-32-52-121-123(101)103-46-28-30-50-119(103)135-121)76-98(129(7,8)9)77-108(100)102-49-33-53-122-124(102)104-47-29-31-51-120(104)136-122/h10-61,64-79H,62-63H2,1-9H3. The summed E-state index contributed by atoms with van der Waals surface area (Å²) in [7, 11) is 0. The van der Waals surface area contributed by atoms with Crippen molar-refractivity contribution in [2.24, 2.45) is 0 Å².